The fourth-order valence-corrected chi connectivity index (χ4v) is 1.69. The highest BCUT2D eigenvalue weighted by atomic mass is 19.4. The third kappa shape index (κ3) is 4.05. The summed E-state index contributed by atoms with van der Waals surface area (Å²) in [6.07, 6.45) is -5.65. The minimum absolute atomic E-state index is 0.200. The van der Waals surface area contributed by atoms with Crippen molar-refractivity contribution in [3.8, 4) is 0 Å². The van der Waals surface area contributed by atoms with Gasteiger partial charge in [-0.25, -0.2) is 0 Å². The number of halogens is 5. The lowest BCUT2D eigenvalue weighted by Crippen LogP contribution is -2.52. The molecule has 0 atom stereocenters. The third-order valence-electron chi connectivity index (χ3n) is 2.76. The molecule has 2 N–H and O–H groups in total. The lowest BCUT2D eigenvalue weighted by Gasteiger charge is -2.28. The van der Waals surface area contributed by atoms with Gasteiger partial charge in [0.15, 0.2) is 0 Å². The quantitative estimate of drug-likeness (QED) is 0.670. The second-order valence-electron chi connectivity index (χ2n) is 4.54. The first-order valence-corrected chi connectivity index (χ1v) is 6.18. The van der Waals surface area contributed by atoms with Crippen LogP contribution in [0.5, 0.6) is 0 Å². The summed E-state index contributed by atoms with van der Waals surface area (Å²) in [5.74, 6) is -7.63. The standard InChI is InChI=1S/C13H15F5N2O/c1-2-7-20(8-9-3-5-10(19)6-4-9)11(21)12(14,15)13(16,17)18/h3-6H,2,7-8,19H2,1H3. The zero-order valence-electron chi connectivity index (χ0n) is 11.3. The van der Waals surface area contributed by atoms with Crippen molar-refractivity contribution in [1.82, 2.24) is 4.90 Å². The van der Waals surface area contributed by atoms with Gasteiger partial charge in [0.2, 0.25) is 0 Å². The van der Waals surface area contributed by atoms with Crippen LogP contribution in [0, 0.1) is 0 Å². The molecule has 0 unspecified atom stereocenters. The van der Waals surface area contributed by atoms with Gasteiger partial charge in [-0.15, -0.1) is 0 Å². The van der Waals surface area contributed by atoms with Gasteiger partial charge < -0.3 is 10.6 Å². The molecule has 3 nitrogen and oxygen atoms in total. The SMILES string of the molecule is CCCN(Cc1ccc(N)cc1)C(=O)C(F)(F)C(F)(F)F. The first kappa shape index (κ1) is 17.2. The lowest BCUT2D eigenvalue weighted by atomic mass is 10.1. The van der Waals surface area contributed by atoms with Gasteiger partial charge in [-0.1, -0.05) is 19.1 Å². The minimum Gasteiger partial charge on any atom is -0.399 e. The number of nitrogens with two attached hydrogens (primary N) is 1. The summed E-state index contributed by atoms with van der Waals surface area (Å²) in [6, 6.07) is 5.89. The van der Waals surface area contributed by atoms with Gasteiger partial charge in [-0.05, 0) is 24.1 Å². The maximum absolute atomic E-state index is 13.1. The lowest BCUT2D eigenvalue weighted by molar-refractivity contribution is -0.274. The molecule has 0 fully saturated rings. The van der Waals surface area contributed by atoms with Crippen LogP contribution in [-0.4, -0.2) is 29.5 Å². The van der Waals surface area contributed by atoms with Crippen molar-refractivity contribution in [2.75, 3.05) is 12.3 Å². The number of anilines is 1. The fourth-order valence-electron chi connectivity index (χ4n) is 1.69. The van der Waals surface area contributed by atoms with E-state index in [0.29, 0.717) is 16.2 Å². The Morgan fingerprint density at radius 1 is 1.14 bits per heavy atom. The second kappa shape index (κ2) is 6.28. The van der Waals surface area contributed by atoms with Crippen LogP contribution >= 0.6 is 0 Å². The molecule has 21 heavy (non-hydrogen) atoms. The summed E-state index contributed by atoms with van der Waals surface area (Å²) in [6.45, 7) is 1.04. The predicted molar refractivity (Wildman–Crippen MR) is 67.6 cm³/mol. The number of rotatable bonds is 5. The summed E-state index contributed by atoms with van der Waals surface area (Å²) in [7, 11) is 0. The van der Waals surface area contributed by atoms with Gasteiger partial charge in [-0.3, -0.25) is 4.79 Å². The highest BCUT2D eigenvalue weighted by Gasteiger charge is 2.64. The van der Waals surface area contributed by atoms with E-state index in [-0.39, 0.29) is 19.5 Å². The number of hydrogen-bond acceptors (Lipinski definition) is 2. The van der Waals surface area contributed by atoms with Crippen LogP contribution in [0.1, 0.15) is 18.9 Å². The summed E-state index contributed by atoms with van der Waals surface area (Å²) in [4.78, 5) is 12.0. The van der Waals surface area contributed by atoms with E-state index in [0.717, 1.165) is 0 Å². The molecule has 0 bridgehead atoms. The number of benzene rings is 1. The fraction of sp³-hybridized carbons (Fsp3) is 0.462. The molecule has 0 aliphatic heterocycles. The number of nitrogens with zero attached hydrogens (tertiary/aromatic N) is 1. The van der Waals surface area contributed by atoms with E-state index < -0.39 is 18.0 Å². The minimum atomic E-state index is -5.91. The Labute approximate surface area is 118 Å². The molecule has 0 saturated heterocycles. The molecule has 0 heterocycles. The summed E-state index contributed by atoms with van der Waals surface area (Å²) < 4.78 is 63.0. The van der Waals surface area contributed by atoms with Crippen molar-refractivity contribution >= 4 is 11.6 Å². The van der Waals surface area contributed by atoms with Crippen molar-refractivity contribution in [3.05, 3.63) is 29.8 Å². The topological polar surface area (TPSA) is 46.3 Å². The molecule has 8 heteroatoms. The molecule has 1 rings (SSSR count). The molecule has 0 saturated carbocycles. The zero-order valence-corrected chi connectivity index (χ0v) is 11.3. The molecule has 1 aromatic rings. The molecule has 0 aliphatic carbocycles. The Balaban J connectivity index is 2.96. The molecule has 0 spiro atoms. The van der Waals surface area contributed by atoms with Crippen LogP contribution in [0.4, 0.5) is 27.6 Å². The normalized spacial score (nSPS) is 12.3. The van der Waals surface area contributed by atoms with Crippen molar-refractivity contribution in [3.63, 3.8) is 0 Å². The number of hydrogen-bond donors (Lipinski definition) is 1. The van der Waals surface area contributed by atoms with Gasteiger partial charge in [0, 0.05) is 18.8 Å². The maximum Gasteiger partial charge on any atom is 0.463 e. The number of carbonyl (C=O) groups is 1. The zero-order chi connectivity index (χ0) is 16.3. The van der Waals surface area contributed by atoms with Crippen LogP contribution in [-0.2, 0) is 11.3 Å². The Morgan fingerprint density at radius 2 is 1.67 bits per heavy atom. The van der Waals surface area contributed by atoms with Crippen molar-refractivity contribution < 1.29 is 26.7 Å². The summed E-state index contributed by atoms with van der Waals surface area (Å²) in [5.41, 5.74) is 6.30. The monoisotopic (exact) mass is 310 g/mol. The van der Waals surface area contributed by atoms with Crippen LogP contribution in [0.3, 0.4) is 0 Å². The predicted octanol–water partition coefficient (Wildman–Crippen LogP) is 3.21. The van der Waals surface area contributed by atoms with E-state index in [2.05, 4.69) is 0 Å². The highest BCUT2D eigenvalue weighted by Crippen LogP contribution is 2.37. The van der Waals surface area contributed by atoms with Gasteiger partial charge in [0.05, 0.1) is 0 Å². The van der Waals surface area contributed by atoms with E-state index in [1.54, 1.807) is 6.92 Å². The molecular weight excluding hydrogens is 295 g/mol. The molecule has 0 aromatic heterocycles. The van der Waals surface area contributed by atoms with E-state index >= 15 is 0 Å². The molecule has 1 aromatic carbocycles. The Hall–Kier alpha value is -1.86. The number of amides is 1. The van der Waals surface area contributed by atoms with Gasteiger partial charge in [0.1, 0.15) is 0 Å². The number of alkyl halides is 5. The van der Waals surface area contributed by atoms with Gasteiger partial charge >= 0.3 is 18.0 Å². The summed E-state index contributed by atoms with van der Waals surface area (Å²) >= 11 is 0. The smallest absolute Gasteiger partial charge is 0.399 e. The Morgan fingerprint density at radius 3 is 2.10 bits per heavy atom. The van der Waals surface area contributed by atoms with Crippen molar-refractivity contribution in [2.24, 2.45) is 0 Å². The van der Waals surface area contributed by atoms with E-state index in [1.807, 2.05) is 0 Å². The number of carbonyl (C=O) groups excluding carboxylic acids is 1. The van der Waals surface area contributed by atoms with E-state index in [9.17, 15) is 26.7 Å². The van der Waals surface area contributed by atoms with Crippen molar-refractivity contribution in [1.29, 1.82) is 0 Å². The van der Waals surface area contributed by atoms with E-state index in [4.69, 9.17) is 5.73 Å². The van der Waals surface area contributed by atoms with Crippen molar-refractivity contribution in [2.45, 2.75) is 32.0 Å². The third-order valence-corrected chi connectivity index (χ3v) is 2.76. The molecule has 118 valence electrons. The van der Waals surface area contributed by atoms with Gasteiger partial charge in [0.25, 0.3) is 0 Å². The maximum atomic E-state index is 13.1. The second-order valence-corrected chi connectivity index (χ2v) is 4.54. The van der Waals surface area contributed by atoms with Crippen LogP contribution in [0.15, 0.2) is 24.3 Å². The molecular formula is C13H15F5N2O. The van der Waals surface area contributed by atoms with Gasteiger partial charge in [-0.2, -0.15) is 22.0 Å². The van der Waals surface area contributed by atoms with Crippen LogP contribution in [0.2, 0.25) is 0 Å². The Kier molecular flexibility index (Phi) is 5.14. The molecule has 1 amide bonds. The summed E-state index contributed by atoms with van der Waals surface area (Å²) in [5, 5.41) is 0. The largest absolute Gasteiger partial charge is 0.463 e. The molecule has 0 aliphatic rings. The first-order valence-electron chi connectivity index (χ1n) is 6.18. The van der Waals surface area contributed by atoms with Crippen LogP contribution < -0.4 is 5.73 Å². The Bertz CT molecular complexity index is 484. The average molecular weight is 310 g/mol. The molecule has 0 radical (unpaired) electrons. The average Bonchev–Trinajstić information content (AvgIpc) is 2.38. The number of nitrogen functional groups attached to an aromatic ring is 1. The first-order chi connectivity index (χ1) is 9.59. The highest BCUT2D eigenvalue weighted by molar-refractivity contribution is 5.84. The van der Waals surface area contributed by atoms with E-state index in [1.165, 1.54) is 24.3 Å². The van der Waals surface area contributed by atoms with Crippen LogP contribution in [0.25, 0.3) is 0 Å².